The predicted octanol–water partition coefficient (Wildman–Crippen LogP) is 4.96. The summed E-state index contributed by atoms with van der Waals surface area (Å²) in [7, 11) is 0. The molecule has 1 amide bonds. The van der Waals surface area contributed by atoms with E-state index < -0.39 is 0 Å². The third-order valence-electron chi connectivity index (χ3n) is 4.87. The summed E-state index contributed by atoms with van der Waals surface area (Å²) in [6.07, 6.45) is 5.67. The summed E-state index contributed by atoms with van der Waals surface area (Å²) in [6, 6.07) is 18.5. The second-order valence-electron chi connectivity index (χ2n) is 7.26. The minimum absolute atomic E-state index is 0.134. The van der Waals surface area contributed by atoms with E-state index in [2.05, 4.69) is 15.3 Å². The molecule has 148 valence electrons. The van der Waals surface area contributed by atoms with Gasteiger partial charge in [0.15, 0.2) is 0 Å². The van der Waals surface area contributed by atoms with E-state index in [4.69, 9.17) is 0 Å². The maximum absolute atomic E-state index is 12.5. The minimum Gasteiger partial charge on any atom is -0.322 e. The molecule has 5 nitrogen and oxygen atoms in total. The summed E-state index contributed by atoms with van der Waals surface area (Å²) in [6.45, 7) is 3.99. The third-order valence-corrected chi connectivity index (χ3v) is 4.87. The van der Waals surface area contributed by atoms with Crippen LogP contribution >= 0.6 is 0 Å². The van der Waals surface area contributed by atoms with Gasteiger partial charge in [-0.15, -0.1) is 0 Å². The SMILES string of the molecule is Cc1cccc(C(=O)Nc2ccc(C)c(/C=C/c3cnc4[nH]c(=O)ccc4c3)c2)c1. The van der Waals surface area contributed by atoms with E-state index in [1.807, 2.05) is 68.5 Å². The van der Waals surface area contributed by atoms with Gasteiger partial charge >= 0.3 is 0 Å². The molecular weight excluding hydrogens is 374 g/mol. The van der Waals surface area contributed by atoms with Crippen LogP contribution in [0.4, 0.5) is 5.69 Å². The number of anilines is 1. The molecular formula is C25H21N3O2. The van der Waals surface area contributed by atoms with Crippen molar-refractivity contribution in [3.63, 3.8) is 0 Å². The number of nitrogens with zero attached hydrogens (tertiary/aromatic N) is 1. The van der Waals surface area contributed by atoms with Crippen LogP contribution in [0.25, 0.3) is 23.2 Å². The number of pyridine rings is 2. The van der Waals surface area contributed by atoms with E-state index in [9.17, 15) is 9.59 Å². The molecule has 0 aliphatic heterocycles. The average Bonchev–Trinajstić information content (AvgIpc) is 2.74. The number of aromatic nitrogens is 2. The quantitative estimate of drug-likeness (QED) is 0.513. The molecule has 0 aliphatic carbocycles. The molecule has 5 heteroatoms. The summed E-state index contributed by atoms with van der Waals surface area (Å²) in [4.78, 5) is 30.9. The molecule has 0 bridgehead atoms. The number of rotatable bonds is 4. The topological polar surface area (TPSA) is 74.8 Å². The number of nitrogens with one attached hydrogen (secondary N) is 2. The van der Waals surface area contributed by atoms with Crippen LogP contribution in [-0.2, 0) is 0 Å². The van der Waals surface area contributed by atoms with E-state index in [0.29, 0.717) is 11.2 Å². The van der Waals surface area contributed by atoms with Crippen molar-refractivity contribution in [2.45, 2.75) is 13.8 Å². The van der Waals surface area contributed by atoms with E-state index in [1.54, 1.807) is 18.3 Å². The first-order valence-corrected chi connectivity index (χ1v) is 9.64. The molecule has 0 unspecified atom stereocenters. The number of benzene rings is 2. The van der Waals surface area contributed by atoms with Crippen molar-refractivity contribution in [3.05, 3.63) is 105 Å². The monoisotopic (exact) mass is 395 g/mol. The van der Waals surface area contributed by atoms with Gasteiger partial charge in [0.1, 0.15) is 5.65 Å². The number of aryl methyl sites for hydroxylation is 2. The molecule has 2 aromatic heterocycles. The van der Waals surface area contributed by atoms with E-state index >= 15 is 0 Å². The number of fused-ring (bicyclic) bond motifs is 1. The van der Waals surface area contributed by atoms with Crippen LogP contribution in [0.3, 0.4) is 0 Å². The normalized spacial score (nSPS) is 11.1. The lowest BCUT2D eigenvalue weighted by molar-refractivity contribution is 0.102. The van der Waals surface area contributed by atoms with Crippen LogP contribution in [0.2, 0.25) is 0 Å². The van der Waals surface area contributed by atoms with Gasteiger partial charge in [-0.2, -0.15) is 0 Å². The number of amides is 1. The Bertz CT molecular complexity index is 1340. The van der Waals surface area contributed by atoms with Crippen LogP contribution in [-0.4, -0.2) is 15.9 Å². The lowest BCUT2D eigenvalue weighted by Gasteiger charge is -2.09. The summed E-state index contributed by atoms with van der Waals surface area (Å²) in [5, 5.41) is 3.83. The summed E-state index contributed by atoms with van der Waals surface area (Å²) >= 11 is 0. The van der Waals surface area contributed by atoms with Crippen molar-refractivity contribution in [1.29, 1.82) is 0 Å². The van der Waals surface area contributed by atoms with Crippen LogP contribution < -0.4 is 10.9 Å². The smallest absolute Gasteiger partial charge is 0.255 e. The highest BCUT2D eigenvalue weighted by atomic mass is 16.1. The van der Waals surface area contributed by atoms with Gasteiger partial charge in [0, 0.05) is 28.9 Å². The molecule has 0 radical (unpaired) electrons. The standard InChI is InChI=1S/C25H21N3O2/c1-16-4-3-5-21(12-16)25(30)27-22-10-6-17(2)19(14-22)8-7-18-13-20-9-11-23(29)28-24(20)26-15-18/h3-15H,1-2H3,(H,27,30)(H,26,28,29)/b8-7+. The van der Waals surface area contributed by atoms with Crippen molar-refractivity contribution in [2.24, 2.45) is 0 Å². The molecule has 2 heterocycles. The molecule has 0 saturated carbocycles. The van der Waals surface area contributed by atoms with Gasteiger partial charge in [-0.3, -0.25) is 9.59 Å². The molecule has 4 rings (SSSR count). The van der Waals surface area contributed by atoms with E-state index in [0.717, 1.165) is 33.3 Å². The van der Waals surface area contributed by atoms with Gasteiger partial charge in [0.2, 0.25) is 5.56 Å². The fraction of sp³-hybridized carbons (Fsp3) is 0.0800. The fourth-order valence-corrected chi connectivity index (χ4v) is 3.22. The van der Waals surface area contributed by atoms with Crippen molar-refractivity contribution in [3.8, 4) is 0 Å². The maximum atomic E-state index is 12.5. The number of carbonyl (C=O) groups excluding carboxylic acids is 1. The molecule has 0 atom stereocenters. The molecule has 0 saturated heterocycles. The summed E-state index contributed by atoms with van der Waals surface area (Å²) < 4.78 is 0. The van der Waals surface area contributed by atoms with Crippen molar-refractivity contribution >= 4 is 34.8 Å². The summed E-state index contributed by atoms with van der Waals surface area (Å²) in [5.41, 5.74) is 5.83. The Morgan fingerprint density at radius 3 is 2.70 bits per heavy atom. The highest BCUT2D eigenvalue weighted by Gasteiger charge is 2.07. The van der Waals surface area contributed by atoms with Gasteiger partial charge < -0.3 is 10.3 Å². The second kappa shape index (κ2) is 8.17. The zero-order chi connectivity index (χ0) is 21.1. The second-order valence-corrected chi connectivity index (χ2v) is 7.26. The summed E-state index contributed by atoms with van der Waals surface area (Å²) in [5.74, 6) is -0.134. The Labute approximate surface area is 174 Å². The number of carbonyl (C=O) groups is 1. The zero-order valence-electron chi connectivity index (χ0n) is 16.8. The highest BCUT2D eigenvalue weighted by molar-refractivity contribution is 6.04. The first-order chi connectivity index (χ1) is 14.5. The lowest BCUT2D eigenvalue weighted by Crippen LogP contribution is -2.12. The predicted molar refractivity (Wildman–Crippen MR) is 122 cm³/mol. The van der Waals surface area contributed by atoms with Gasteiger partial charge in [-0.25, -0.2) is 4.98 Å². The first-order valence-electron chi connectivity index (χ1n) is 9.64. The minimum atomic E-state index is -0.168. The molecule has 0 spiro atoms. The van der Waals surface area contributed by atoms with Crippen LogP contribution in [0.15, 0.2) is 71.7 Å². The number of aromatic amines is 1. The van der Waals surface area contributed by atoms with Crippen LogP contribution in [0, 0.1) is 13.8 Å². The molecule has 30 heavy (non-hydrogen) atoms. The average molecular weight is 395 g/mol. The fourth-order valence-electron chi connectivity index (χ4n) is 3.22. The Kier molecular flexibility index (Phi) is 5.26. The molecule has 0 aliphatic rings. The van der Waals surface area contributed by atoms with Gasteiger partial charge in [-0.05, 0) is 66.9 Å². The molecule has 4 aromatic rings. The largest absolute Gasteiger partial charge is 0.322 e. The van der Waals surface area contributed by atoms with Crippen molar-refractivity contribution in [1.82, 2.24) is 9.97 Å². The third kappa shape index (κ3) is 4.36. The van der Waals surface area contributed by atoms with Gasteiger partial charge in [0.25, 0.3) is 5.91 Å². The number of hydrogen-bond acceptors (Lipinski definition) is 3. The van der Waals surface area contributed by atoms with E-state index in [-0.39, 0.29) is 11.5 Å². The van der Waals surface area contributed by atoms with Crippen molar-refractivity contribution in [2.75, 3.05) is 5.32 Å². The zero-order valence-corrected chi connectivity index (χ0v) is 16.8. The van der Waals surface area contributed by atoms with E-state index in [1.165, 1.54) is 6.07 Å². The first kappa shape index (κ1) is 19.3. The molecule has 2 N–H and O–H groups in total. The Hall–Kier alpha value is -3.99. The maximum Gasteiger partial charge on any atom is 0.255 e. The van der Waals surface area contributed by atoms with Crippen LogP contribution in [0.1, 0.15) is 32.6 Å². The lowest BCUT2D eigenvalue weighted by atomic mass is 10.1. The molecule has 0 fully saturated rings. The Morgan fingerprint density at radius 2 is 1.87 bits per heavy atom. The Morgan fingerprint density at radius 1 is 1.00 bits per heavy atom. The highest BCUT2D eigenvalue weighted by Crippen LogP contribution is 2.20. The number of hydrogen-bond donors (Lipinski definition) is 2. The number of H-pyrrole nitrogens is 1. The van der Waals surface area contributed by atoms with Gasteiger partial charge in [-0.1, -0.05) is 35.9 Å². The van der Waals surface area contributed by atoms with Crippen LogP contribution in [0.5, 0.6) is 0 Å². The van der Waals surface area contributed by atoms with Gasteiger partial charge in [0.05, 0.1) is 0 Å². The Balaban J connectivity index is 1.56. The molecule has 2 aromatic carbocycles. The van der Waals surface area contributed by atoms with Crippen molar-refractivity contribution < 1.29 is 4.79 Å².